The van der Waals surface area contributed by atoms with E-state index in [-0.39, 0.29) is 23.7 Å². The summed E-state index contributed by atoms with van der Waals surface area (Å²) >= 11 is 0. The van der Waals surface area contributed by atoms with Crippen molar-refractivity contribution in [1.29, 1.82) is 0 Å². The van der Waals surface area contributed by atoms with Gasteiger partial charge in [-0.15, -0.1) is 0 Å². The van der Waals surface area contributed by atoms with E-state index >= 15 is 0 Å². The SMILES string of the molecule is CC(C)=CCC/C(C)=C/COc1c(O)c(=O)oc2cc(O)ccc12. The summed E-state index contributed by atoms with van der Waals surface area (Å²) in [5.41, 5.74) is 1.72. The molecule has 0 bridgehead atoms. The lowest BCUT2D eigenvalue weighted by atomic mass is 10.1. The Bertz CT molecular complexity index is 839. The van der Waals surface area contributed by atoms with E-state index in [4.69, 9.17) is 9.15 Å². The number of aromatic hydroxyl groups is 2. The molecule has 0 spiro atoms. The Labute approximate surface area is 140 Å². The van der Waals surface area contributed by atoms with E-state index in [9.17, 15) is 15.0 Å². The maximum absolute atomic E-state index is 11.7. The fraction of sp³-hybridized carbons (Fsp3) is 0.316. The monoisotopic (exact) mass is 330 g/mol. The molecular weight excluding hydrogens is 308 g/mol. The van der Waals surface area contributed by atoms with Gasteiger partial charge < -0.3 is 19.4 Å². The quantitative estimate of drug-likeness (QED) is 0.610. The van der Waals surface area contributed by atoms with Gasteiger partial charge in [0, 0.05) is 6.07 Å². The molecule has 24 heavy (non-hydrogen) atoms. The molecule has 0 radical (unpaired) electrons. The third-order valence-electron chi connectivity index (χ3n) is 3.57. The smallest absolute Gasteiger partial charge is 0.382 e. The van der Waals surface area contributed by atoms with Crippen LogP contribution in [0, 0.1) is 0 Å². The lowest BCUT2D eigenvalue weighted by Crippen LogP contribution is -2.04. The first-order valence-corrected chi connectivity index (χ1v) is 7.79. The van der Waals surface area contributed by atoms with E-state index < -0.39 is 11.4 Å². The number of benzene rings is 1. The summed E-state index contributed by atoms with van der Waals surface area (Å²) in [6.07, 6.45) is 5.98. The second-order valence-electron chi connectivity index (χ2n) is 5.93. The van der Waals surface area contributed by atoms with Gasteiger partial charge in [0.2, 0.25) is 5.75 Å². The molecule has 0 atom stereocenters. The van der Waals surface area contributed by atoms with E-state index in [1.54, 1.807) is 0 Å². The van der Waals surface area contributed by atoms with Crippen LogP contribution < -0.4 is 10.4 Å². The summed E-state index contributed by atoms with van der Waals surface area (Å²) in [6.45, 7) is 6.37. The molecule has 1 heterocycles. The van der Waals surface area contributed by atoms with Gasteiger partial charge in [0.1, 0.15) is 17.9 Å². The fourth-order valence-corrected chi connectivity index (χ4v) is 2.26. The van der Waals surface area contributed by atoms with Crippen LogP contribution in [-0.2, 0) is 0 Å². The third-order valence-corrected chi connectivity index (χ3v) is 3.57. The highest BCUT2D eigenvalue weighted by molar-refractivity contribution is 5.86. The topological polar surface area (TPSA) is 79.9 Å². The molecular formula is C19H22O5. The van der Waals surface area contributed by atoms with Gasteiger partial charge >= 0.3 is 5.63 Å². The molecule has 2 aromatic rings. The number of phenols is 1. The maximum Gasteiger partial charge on any atom is 0.382 e. The summed E-state index contributed by atoms with van der Waals surface area (Å²) in [5, 5.41) is 19.8. The van der Waals surface area contributed by atoms with Gasteiger partial charge in [0.05, 0.1) is 5.39 Å². The largest absolute Gasteiger partial charge is 0.508 e. The summed E-state index contributed by atoms with van der Waals surface area (Å²) in [5.74, 6) is -0.532. The average Bonchev–Trinajstić information content (AvgIpc) is 2.50. The predicted molar refractivity (Wildman–Crippen MR) is 93.7 cm³/mol. The first-order valence-electron chi connectivity index (χ1n) is 7.79. The molecule has 0 saturated heterocycles. The minimum atomic E-state index is -0.896. The van der Waals surface area contributed by atoms with Crippen molar-refractivity contribution >= 4 is 11.0 Å². The molecule has 0 aliphatic rings. The van der Waals surface area contributed by atoms with Crippen LogP contribution in [0.1, 0.15) is 33.6 Å². The highest BCUT2D eigenvalue weighted by Gasteiger charge is 2.15. The average molecular weight is 330 g/mol. The zero-order valence-electron chi connectivity index (χ0n) is 14.1. The molecule has 5 nitrogen and oxygen atoms in total. The van der Waals surface area contributed by atoms with Gasteiger partial charge in [-0.05, 0) is 51.8 Å². The van der Waals surface area contributed by atoms with Crippen LogP contribution in [0.25, 0.3) is 11.0 Å². The van der Waals surface area contributed by atoms with Gasteiger partial charge in [-0.3, -0.25) is 0 Å². The summed E-state index contributed by atoms with van der Waals surface area (Å²) in [7, 11) is 0. The first kappa shape index (κ1) is 17.7. The standard InChI is InChI=1S/C19H22O5/c1-12(2)5-4-6-13(3)9-10-23-18-15-8-7-14(20)11-16(15)24-19(22)17(18)21/h5,7-9,11,20-21H,4,6,10H2,1-3H3/b13-9+. The van der Waals surface area contributed by atoms with E-state index in [1.165, 1.54) is 23.8 Å². The van der Waals surface area contributed by atoms with Crippen LogP contribution in [0.2, 0.25) is 0 Å². The maximum atomic E-state index is 11.7. The van der Waals surface area contributed by atoms with Crippen LogP contribution >= 0.6 is 0 Å². The lowest BCUT2D eigenvalue weighted by molar-refractivity contribution is 0.327. The van der Waals surface area contributed by atoms with Crippen molar-refractivity contribution in [2.75, 3.05) is 6.61 Å². The Morgan fingerprint density at radius 1 is 1.21 bits per heavy atom. The molecule has 0 amide bonds. The van der Waals surface area contributed by atoms with Crippen molar-refractivity contribution in [2.24, 2.45) is 0 Å². The normalized spacial score (nSPS) is 11.5. The van der Waals surface area contributed by atoms with E-state index in [0.717, 1.165) is 18.4 Å². The number of ether oxygens (including phenoxy) is 1. The molecule has 0 saturated carbocycles. The summed E-state index contributed by atoms with van der Waals surface area (Å²) in [6, 6.07) is 4.28. The van der Waals surface area contributed by atoms with Crippen LogP contribution in [0.4, 0.5) is 0 Å². The molecule has 0 fully saturated rings. The number of fused-ring (bicyclic) bond motifs is 1. The van der Waals surface area contributed by atoms with E-state index in [0.29, 0.717) is 5.39 Å². The van der Waals surface area contributed by atoms with Crippen molar-refractivity contribution < 1.29 is 19.4 Å². The Balaban J connectivity index is 2.16. The number of hydrogen-bond acceptors (Lipinski definition) is 5. The zero-order valence-corrected chi connectivity index (χ0v) is 14.1. The van der Waals surface area contributed by atoms with Crippen molar-refractivity contribution in [1.82, 2.24) is 0 Å². The van der Waals surface area contributed by atoms with Gasteiger partial charge in [0.25, 0.3) is 0 Å². The molecule has 1 aromatic carbocycles. The van der Waals surface area contributed by atoms with Gasteiger partial charge in [-0.25, -0.2) is 4.79 Å². The number of hydrogen-bond donors (Lipinski definition) is 2. The summed E-state index contributed by atoms with van der Waals surface area (Å²) in [4.78, 5) is 11.7. The number of rotatable bonds is 6. The molecule has 128 valence electrons. The Morgan fingerprint density at radius 2 is 1.96 bits per heavy atom. The minimum Gasteiger partial charge on any atom is -0.508 e. The van der Waals surface area contributed by atoms with Gasteiger partial charge in [-0.2, -0.15) is 0 Å². The molecule has 5 heteroatoms. The zero-order chi connectivity index (χ0) is 17.7. The Kier molecular flexibility index (Phi) is 5.68. The number of phenolic OH excluding ortho intramolecular Hbond substituents is 1. The fourth-order valence-electron chi connectivity index (χ4n) is 2.26. The molecule has 1 aromatic heterocycles. The summed E-state index contributed by atoms with van der Waals surface area (Å²) < 4.78 is 10.5. The second kappa shape index (κ2) is 7.73. The Hall–Kier alpha value is -2.69. The minimum absolute atomic E-state index is 0.0303. The molecule has 0 unspecified atom stereocenters. The van der Waals surface area contributed by atoms with E-state index in [1.807, 2.05) is 13.0 Å². The molecule has 2 N–H and O–H groups in total. The lowest BCUT2D eigenvalue weighted by Gasteiger charge is -2.09. The van der Waals surface area contributed by atoms with E-state index in [2.05, 4.69) is 19.9 Å². The predicted octanol–water partition coefficient (Wildman–Crippen LogP) is 4.28. The van der Waals surface area contributed by atoms with Crippen LogP contribution in [-0.4, -0.2) is 16.8 Å². The Morgan fingerprint density at radius 3 is 2.67 bits per heavy atom. The van der Waals surface area contributed by atoms with Gasteiger partial charge in [0.15, 0.2) is 5.75 Å². The van der Waals surface area contributed by atoms with Crippen LogP contribution in [0.3, 0.4) is 0 Å². The van der Waals surface area contributed by atoms with Crippen molar-refractivity contribution in [3.05, 3.63) is 51.9 Å². The highest BCUT2D eigenvalue weighted by Crippen LogP contribution is 2.33. The molecule has 2 rings (SSSR count). The first-order chi connectivity index (χ1) is 11.4. The highest BCUT2D eigenvalue weighted by atomic mass is 16.5. The van der Waals surface area contributed by atoms with Crippen LogP contribution in [0.5, 0.6) is 17.2 Å². The van der Waals surface area contributed by atoms with Crippen molar-refractivity contribution in [2.45, 2.75) is 33.6 Å². The molecule has 0 aliphatic heterocycles. The van der Waals surface area contributed by atoms with Crippen LogP contribution in [0.15, 0.2) is 50.7 Å². The molecule has 0 aliphatic carbocycles. The van der Waals surface area contributed by atoms with Crippen molar-refractivity contribution in [3.8, 4) is 17.2 Å². The van der Waals surface area contributed by atoms with Gasteiger partial charge in [-0.1, -0.05) is 17.2 Å². The second-order valence-corrected chi connectivity index (χ2v) is 5.93. The third kappa shape index (κ3) is 4.41. The van der Waals surface area contributed by atoms with Crippen molar-refractivity contribution in [3.63, 3.8) is 0 Å². The number of allylic oxidation sites excluding steroid dienone is 3.